The van der Waals surface area contributed by atoms with E-state index < -0.39 is 0 Å². The molecule has 1 aromatic heterocycles. The fourth-order valence-electron chi connectivity index (χ4n) is 2.34. The standard InChI is InChI=1S/C13H22N4O/c1-11-4-6-17(7-5-11)13(18)15(2)9-12-8-14-16(3)10-12/h8,10-11H,4-7,9H2,1-3H3. The third-order valence-corrected chi connectivity index (χ3v) is 3.56. The summed E-state index contributed by atoms with van der Waals surface area (Å²) in [6.07, 6.45) is 5.99. The number of amides is 2. The average Bonchev–Trinajstić information content (AvgIpc) is 2.75. The van der Waals surface area contributed by atoms with Gasteiger partial charge in [-0.1, -0.05) is 6.92 Å². The van der Waals surface area contributed by atoms with Gasteiger partial charge in [0.25, 0.3) is 0 Å². The molecule has 1 saturated heterocycles. The molecule has 5 nitrogen and oxygen atoms in total. The monoisotopic (exact) mass is 250 g/mol. The summed E-state index contributed by atoms with van der Waals surface area (Å²) < 4.78 is 1.76. The van der Waals surface area contributed by atoms with E-state index in [1.165, 1.54) is 0 Å². The summed E-state index contributed by atoms with van der Waals surface area (Å²) in [7, 11) is 3.74. The van der Waals surface area contributed by atoms with Crippen molar-refractivity contribution in [3.63, 3.8) is 0 Å². The van der Waals surface area contributed by atoms with Crippen LogP contribution in [0.5, 0.6) is 0 Å². The summed E-state index contributed by atoms with van der Waals surface area (Å²) in [4.78, 5) is 16.0. The van der Waals surface area contributed by atoms with Crippen molar-refractivity contribution in [2.45, 2.75) is 26.3 Å². The quantitative estimate of drug-likeness (QED) is 0.801. The lowest BCUT2D eigenvalue weighted by Gasteiger charge is -2.33. The zero-order valence-electron chi connectivity index (χ0n) is 11.5. The molecule has 0 N–H and O–H groups in total. The van der Waals surface area contributed by atoms with Crippen molar-refractivity contribution in [3.8, 4) is 0 Å². The van der Waals surface area contributed by atoms with Crippen LogP contribution >= 0.6 is 0 Å². The van der Waals surface area contributed by atoms with Gasteiger partial charge in [-0.15, -0.1) is 0 Å². The first-order chi connectivity index (χ1) is 8.56. The highest BCUT2D eigenvalue weighted by Gasteiger charge is 2.22. The van der Waals surface area contributed by atoms with Crippen molar-refractivity contribution in [2.24, 2.45) is 13.0 Å². The third kappa shape index (κ3) is 3.03. The predicted molar refractivity (Wildman–Crippen MR) is 70.0 cm³/mol. The molecule has 0 bridgehead atoms. The number of rotatable bonds is 2. The van der Waals surface area contributed by atoms with E-state index in [2.05, 4.69) is 12.0 Å². The van der Waals surface area contributed by atoms with E-state index in [4.69, 9.17) is 0 Å². The first-order valence-corrected chi connectivity index (χ1v) is 6.54. The van der Waals surface area contributed by atoms with Crippen LogP contribution in [0.2, 0.25) is 0 Å². The minimum Gasteiger partial charge on any atom is -0.325 e. The van der Waals surface area contributed by atoms with Crippen molar-refractivity contribution < 1.29 is 4.79 Å². The lowest BCUT2D eigenvalue weighted by atomic mass is 10.00. The van der Waals surface area contributed by atoms with E-state index in [1.54, 1.807) is 9.58 Å². The predicted octanol–water partition coefficient (Wildman–Crippen LogP) is 1.70. The minimum absolute atomic E-state index is 0.130. The number of aromatic nitrogens is 2. The Hall–Kier alpha value is -1.52. The average molecular weight is 250 g/mol. The maximum absolute atomic E-state index is 12.2. The number of carbonyl (C=O) groups is 1. The fourth-order valence-corrected chi connectivity index (χ4v) is 2.34. The number of likely N-dealkylation sites (tertiary alicyclic amines) is 1. The van der Waals surface area contributed by atoms with Crippen LogP contribution in [-0.4, -0.2) is 45.7 Å². The Balaban J connectivity index is 1.88. The van der Waals surface area contributed by atoms with Crippen LogP contribution in [0.25, 0.3) is 0 Å². The topological polar surface area (TPSA) is 41.4 Å². The van der Waals surface area contributed by atoms with Gasteiger partial charge in [-0.25, -0.2) is 4.79 Å². The molecule has 1 aromatic rings. The van der Waals surface area contributed by atoms with Crippen molar-refractivity contribution in [3.05, 3.63) is 18.0 Å². The first kappa shape index (κ1) is 12.9. The van der Waals surface area contributed by atoms with Gasteiger partial charge in [0.05, 0.1) is 12.7 Å². The molecule has 2 heterocycles. The molecule has 2 amide bonds. The highest BCUT2D eigenvalue weighted by molar-refractivity contribution is 5.74. The lowest BCUT2D eigenvalue weighted by molar-refractivity contribution is 0.141. The van der Waals surface area contributed by atoms with Gasteiger partial charge in [0.1, 0.15) is 0 Å². The summed E-state index contributed by atoms with van der Waals surface area (Å²) in [5, 5.41) is 4.12. The number of urea groups is 1. The molecule has 0 aliphatic carbocycles. The van der Waals surface area contributed by atoms with E-state index in [0.717, 1.165) is 37.4 Å². The number of hydrogen-bond donors (Lipinski definition) is 0. The number of carbonyl (C=O) groups excluding carboxylic acids is 1. The molecule has 1 aliphatic heterocycles. The highest BCUT2D eigenvalue weighted by Crippen LogP contribution is 2.17. The molecular formula is C13H22N4O. The van der Waals surface area contributed by atoms with Gasteiger partial charge in [-0.2, -0.15) is 5.10 Å². The van der Waals surface area contributed by atoms with E-state index in [0.29, 0.717) is 6.54 Å². The van der Waals surface area contributed by atoms with Crippen LogP contribution < -0.4 is 0 Å². The van der Waals surface area contributed by atoms with Gasteiger partial charge in [0.2, 0.25) is 0 Å². The van der Waals surface area contributed by atoms with Crippen LogP contribution in [0, 0.1) is 5.92 Å². The second-order valence-electron chi connectivity index (χ2n) is 5.33. The van der Waals surface area contributed by atoms with Crippen molar-refractivity contribution in [1.82, 2.24) is 19.6 Å². The van der Waals surface area contributed by atoms with E-state index >= 15 is 0 Å². The molecule has 0 aromatic carbocycles. The van der Waals surface area contributed by atoms with Crippen molar-refractivity contribution in [1.29, 1.82) is 0 Å². The van der Waals surface area contributed by atoms with E-state index in [9.17, 15) is 4.79 Å². The molecule has 0 spiro atoms. The number of nitrogens with zero attached hydrogens (tertiary/aromatic N) is 4. The Bertz CT molecular complexity index is 407. The van der Waals surface area contributed by atoms with Gasteiger partial charge in [0, 0.05) is 38.9 Å². The fraction of sp³-hybridized carbons (Fsp3) is 0.692. The van der Waals surface area contributed by atoms with Crippen LogP contribution in [0.4, 0.5) is 4.79 Å². The second-order valence-corrected chi connectivity index (χ2v) is 5.33. The SMILES string of the molecule is CC1CCN(C(=O)N(C)Cc2cnn(C)c2)CC1. The molecule has 2 rings (SSSR count). The second kappa shape index (κ2) is 5.42. The van der Waals surface area contributed by atoms with Crippen LogP contribution in [-0.2, 0) is 13.6 Å². The Labute approximate surface area is 108 Å². The van der Waals surface area contributed by atoms with Crippen molar-refractivity contribution in [2.75, 3.05) is 20.1 Å². The smallest absolute Gasteiger partial charge is 0.320 e. The molecule has 18 heavy (non-hydrogen) atoms. The van der Waals surface area contributed by atoms with Crippen molar-refractivity contribution >= 4 is 6.03 Å². The normalized spacial score (nSPS) is 16.9. The summed E-state index contributed by atoms with van der Waals surface area (Å²) in [6.45, 7) is 4.65. The van der Waals surface area contributed by atoms with Crippen LogP contribution in [0.15, 0.2) is 12.4 Å². The summed E-state index contributed by atoms with van der Waals surface area (Å²) >= 11 is 0. The largest absolute Gasteiger partial charge is 0.325 e. The van der Waals surface area contributed by atoms with Gasteiger partial charge in [0.15, 0.2) is 0 Å². The van der Waals surface area contributed by atoms with Gasteiger partial charge < -0.3 is 9.80 Å². The lowest BCUT2D eigenvalue weighted by Crippen LogP contribution is -2.44. The zero-order chi connectivity index (χ0) is 13.1. The molecule has 100 valence electrons. The van der Waals surface area contributed by atoms with Crippen LogP contribution in [0.1, 0.15) is 25.3 Å². The van der Waals surface area contributed by atoms with E-state index in [1.807, 2.05) is 31.4 Å². The maximum Gasteiger partial charge on any atom is 0.320 e. The number of hydrogen-bond acceptors (Lipinski definition) is 2. The Kier molecular flexibility index (Phi) is 3.89. The molecular weight excluding hydrogens is 228 g/mol. The summed E-state index contributed by atoms with van der Waals surface area (Å²) in [5.74, 6) is 0.748. The molecule has 5 heteroatoms. The molecule has 1 aliphatic rings. The van der Waals surface area contributed by atoms with Crippen LogP contribution in [0.3, 0.4) is 0 Å². The molecule has 0 atom stereocenters. The third-order valence-electron chi connectivity index (χ3n) is 3.56. The van der Waals surface area contributed by atoms with Gasteiger partial charge in [-0.05, 0) is 18.8 Å². The Morgan fingerprint density at radius 3 is 2.72 bits per heavy atom. The molecule has 1 fully saturated rings. The molecule has 0 unspecified atom stereocenters. The number of piperidine rings is 1. The molecule has 0 radical (unpaired) electrons. The zero-order valence-corrected chi connectivity index (χ0v) is 11.5. The summed E-state index contributed by atoms with van der Waals surface area (Å²) in [5.41, 5.74) is 1.07. The maximum atomic E-state index is 12.2. The summed E-state index contributed by atoms with van der Waals surface area (Å²) in [6, 6.07) is 0.130. The molecule has 0 saturated carbocycles. The van der Waals surface area contributed by atoms with E-state index in [-0.39, 0.29) is 6.03 Å². The number of aryl methyl sites for hydroxylation is 1. The first-order valence-electron chi connectivity index (χ1n) is 6.54. The Morgan fingerprint density at radius 2 is 2.17 bits per heavy atom. The van der Waals surface area contributed by atoms with Gasteiger partial charge in [-0.3, -0.25) is 4.68 Å². The highest BCUT2D eigenvalue weighted by atomic mass is 16.2. The van der Waals surface area contributed by atoms with Gasteiger partial charge >= 0.3 is 6.03 Å². The Morgan fingerprint density at radius 1 is 1.50 bits per heavy atom. The minimum atomic E-state index is 0.130.